The summed E-state index contributed by atoms with van der Waals surface area (Å²) in [7, 11) is 12.3. The number of fused-ring (bicyclic) bond motifs is 6. The fourth-order valence-electron chi connectivity index (χ4n) is 16.0. The molecule has 0 amide bonds. The van der Waals surface area contributed by atoms with Crippen LogP contribution in [-0.4, -0.2) is 137 Å². The van der Waals surface area contributed by atoms with E-state index in [1.165, 1.54) is 52.7 Å². The first-order chi connectivity index (χ1) is 63.8. The highest BCUT2D eigenvalue weighted by molar-refractivity contribution is 5.83. The second-order valence-electron chi connectivity index (χ2n) is 31.0. The van der Waals surface area contributed by atoms with Crippen LogP contribution in [0.4, 0.5) is 0 Å². The van der Waals surface area contributed by atoms with E-state index in [2.05, 4.69) is 0 Å². The summed E-state index contributed by atoms with van der Waals surface area (Å²) in [5, 5.41) is 58.9. The standard InChI is InChI=1S/2C18H18O4.2C17H16O6.2C17H16O4/c2*1-2-9-21-14-7-8-15-16(11-18(20)22-17(15)10-14)12-3-5-13(19)6-4-12;2*1-21-10-6-13(19)17-11(8-16(20)23-15(17)7-10)9-3-4-12(18)14(5-9)22-2;2*1-19-12-5-3-11(4-6-12)15-10-17(18)21-16-9-13(20-2)7-8-14(15)16/h2*3-8,10,16,19H,2,9,11H2,1H3;2*3-7,11,18-19H,8H2,1-2H3;2*3-9,15H,10H2,1-2H3/t2*16-;2*11-;2*15-/m101010/s1. The van der Waals surface area contributed by atoms with Gasteiger partial charge in [0.25, 0.3) is 0 Å². The van der Waals surface area contributed by atoms with Gasteiger partial charge >= 0.3 is 35.8 Å². The van der Waals surface area contributed by atoms with Gasteiger partial charge in [-0.05, 0) is 143 Å². The molecule has 18 rings (SSSR count). The summed E-state index contributed by atoms with van der Waals surface area (Å²) in [4.78, 5) is 71.3. The van der Waals surface area contributed by atoms with Crippen molar-refractivity contribution in [3.8, 4) is 126 Å². The first kappa shape index (κ1) is 93.9. The van der Waals surface area contributed by atoms with Crippen molar-refractivity contribution in [2.75, 3.05) is 70.1 Å². The Morgan fingerprint density at radius 2 is 0.485 bits per heavy atom. The molecule has 6 aliphatic heterocycles. The highest BCUT2D eigenvalue weighted by Gasteiger charge is 2.37. The third-order valence-corrected chi connectivity index (χ3v) is 22.6. The number of phenols is 6. The van der Waals surface area contributed by atoms with Crippen molar-refractivity contribution in [2.45, 2.75) is 101 Å². The molecule has 0 unspecified atom stereocenters. The van der Waals surface area contributed by atoms with Crippen molar-refractivity contribution in [3.05, 3.63) is 297 Å². The molecule has 12 aromatic rings. The van der Waals surface area contributed by atoms with Crippen molar-refractivity contribution in [1.29, 1.82) is 0 Å². The number of methoxy groups -OCH3 is 8. The number of rotatable bonds is 20. The lowest BCUT2D eigenvalue weighted by atomic mass is 9.85. The molecule has 6 heterocycles. The fraction of sp³-hybridized carbons (Fsp3) is 0.250. The molecule has 6 N–H and O–H groups in total. The molecule has 684 valence electrons. The second-order valence-corrected chi connectivity index (χ2v) is 31.0. The molecular weight excluding hydrogens is 1700 g/mol. The predicted molar refractivity (Wildman–Crippen MR) is 484 cm³/mol. The number of carbonyl (C=O) groups is 6. The summed E-state index contributed by atoms with van der Waals surface area (Å²) in [5.74, 6) is 6.34. The zero-order valence-corrected chi connectivity index (χ0v) is 74.1. The van der Waals surface area contributed by atoms with Gasteiger partial charge in [-0.2, -0.15) is 0 Å². The minimum absolute atomic E-state index is 0.00179. The van der Waals surface area contributed by atoms with Gasteiger partial charge < -0.3 is 106 Å². The number of benzene rings is 12. The molecule has 6 aliphatic rings. The number of esters is 6. The average molecular weight is 1800 g/mol. The Bertz CT molecular complexity index is 5760. The molecule has 0 fully saturated rings. The Kier molecular flexibility index (Phi) is 30.9. The van der Waals surface area contributed by atoms with Crippen LogP contribution in [0.5, 0.6) is 126 Å². The van der Waals surface area contributed by atoms with Gasteiger partial charge in [-0.3, -0.25) is 28.8 Å². The number of hydrogen-bond donors (Lipinski definition) is 6. The van der Waals surface area contributed by atoms with Crippen LogP contribution in [-0.2, 0) is 28.8 Å². The van der Waals surface area contributed by atoms with E-state index in [0.29, 0.717) is 119 Å². The second kappa shape index (κ2) is 43.4. The van der Waals surface area contributed by atoms with E-state index in [1.807, 2.05) is 135 Å². The van der Waals surface area contributed by atoms with Crippen LogP contribution in [0, 0.1) is 0 Å². The maximum atomic E-state index is 11.9. The predicted octanol–water partition coefficient (Wildman–Crippen LogP) is 18.6. The lowest BCUT2D eigenvalue weighted by molar-refractivity contribution is -0.136. The summed E-state index contributed by atoms with van der Waals surface area (Å²) in [6.45, 7) is 5.35. The molecule has 0 saturated carbocycles. The Labute approximate surface area is 761 Å². The Morgan fingerprint density at radius 1 is 0.242 bits per heavy atom. The van der Waals surface area contributed by atoms with Crippen LogP contribution in [0.25, 0.3) is 0 Å². The molecule has 0 aromatic heterocycles. The van der Waals surface area contributed by atoms with Crippen molar-refractivity contribution in [1.82, 2.24) is 0 Å². The van der Waals surface area contributed by atoms with Crippen molar-refractivity contribution >= 4 is 35.8 Å². The first-order valence-corrected chi connectivity index (χ1v) is 42.4. The maximum absolute atomic E-state index is 11.9. The molecule has 0 bridgehead atoms. The molecule has 0 radical (unpaired) electrons. The van der Waals surface area contributed by atoms with Crippen LogP contribution < -0.4 is 75.8 Å². The first-order valence-electron chi connectivity index (χ1n) is 42.4. The molecule has 6 atom stereocenters. The summed E-state index contributed by atoms with van der Waals surface area (Å²) in [6, 6.07) is 67.6. The van der Waals surface area contributed by atoms with Crippen LogP contribution in [0.15, 0.2) is 231 Å². The van der Waals surface area contributed by atoms with E-state index >= 15 is 0 Å². The molecule has 28 nitrogen and oxygen atoms in total. The highest BCUT2D eigenvalue weighted by Crippen LogP contribution is 2.51. The van der Waals surface area contributed by atoms with Gasteiger partial charge in [-0.15, -0.1) is 0 Å². The topological polar surface area (TPSA) is 371 Å². The van der Waals surface area contributed by atoms with Gasteiger partial charge in [0.15, 0.2) is 23.0 Å². The van der Waals surface area contributed by atoms with Crippen molar-refractivity contribution in [3.63, 3.8) is 0 Å². The van der Waals surface area contributed by atoms with Gasteiger partial charge in [-0.25, -0.2) is 0 Å². The Hall–Kier alpha value is -15.7. The third-order valence-electron chi connectivity index (χ3n) is 22.6. The number of phenolic OH excluding ortho intramolecular Hbond substituents is 6. The van der Waals surface area contributed by atoms with Crippen molar-refractivity contribution < 1.29 is 135 Å². The number of hydrogen-bond acceptors (Lipinski definition) is 28. The monoisotopic (exact) mass is 1800 g/mol. The number of ether oxygens (including phenoxy) is 16. The number of aromatic hydroxyl groups is 6. The van der Waals surface area contributed by atoms with Crippen LogP contribution in [0.1, 0.15) is 167 Å². The van der Waals surface area contributed by atoms with Gasteiger partial charge in [-0.1, -0.05) is 98.8 Å². The maximum Gasteiger partial charge on any atom is 0.312 e. The summed E-state index contributed by atoms with van der Waals surface area (Å²) in [5.41, 5.74) is 10.5. The Balaban J connectivity index is 0.000000135. The molecule has 12 aromatic carbocycles. The van der Waals surface area contributed by atoms with Crippen LogP contribution in [0.2, 0.25) is 0 Å². The van der Waals surface area contributed by atoms with Crippen LogP contribution >= 0.6 is 0 Å². The molecular formula is C104H100O28. The molecule has 0 saturated heterocycles. The zero-order valence-electron chi connectivity index (χ0n) is 74.1. The largest absolute Gasteiger partial charge is 0.508 e. The zero-order chi connectivity index (χ0) is 93.8. The fourth-order valence-corrected chi connectivity index (χ4v) is 16.0. The summed E-state index contributed by atoms with van der Waals surface area (Å²) < 4.78 is 84.1. The van der Waals surface area contributed by atoms with Crippen molar-refractivity contribution in [2.24, 2.45) is 0 Å². The average Bonchev–Trinajstić information content (AvgIpc) is 0.740. The smallest absolute Gasteiger partial charge is 0.312 e. The minimum atomic E-state index is -0.401. The third kappa shape index (κ3) is 22.7. The van der Waals surface area contributed by atoms with Gasteiger partial charge in [0.05, 0.1) is 109 Å². The van der Waals surface area contributed by atoms with E-state index in [9.17, 15) is 59.4 Å². The Morgan fingerprint density at radius 3 is 0.765 bits per heavy atom. The molecule has 0 aliphatic carbocycles. The highest BCUT2D eigenvalue weighted by atomic mass is 16.6. The quantitative estimate of drug-likeness (QED) is 0.0305. The lowest BCUT2D eigenvalue weighted by Crippen LogP contribution is -2.21. The van der Waals surface area contributed by atoms with E-state index in [1.54, 1.807) is 113 Å². The molecule has 28 heteroatoms. The summed E-state index contributed by atoms with van der Waals surface area (Å²) in [6.07, 6.45) is 3.29. The van der Waals surface area contributed by atoms with Crippen LogP contribution in [0.3, 0.4) is 0 Å². The van der Waals surface area contributed by atoms with E-state index in [0.717, 1.165) is 80.0 Å². The molecule has 132 heavy (non-hydrogen) atoms. The normalized spacial score (nSPS) is 16.7. The van der Waals surface area contributed by atoms with E-state index in [4.69, 9.17) is 75.8 Å². The number of carbonyl (C=O) groups excluding carboxylic acids is 6. The van der Waals surface area contributed by atoms with Gasteiger partial charge in [0.1, 0.15) is 103 Å². The lowest BCUT2D eigenvalue weighted by Gasteiger charge is -2.26. The minimum Gasteiger partial charge on any atom is -0.508 e. The van der Waals surface area contributed by atoms with Gasteiger partial charge in [0.2, 0.25) is 0 Å². The van der Waals surface area contributed by atoms with E-state index in [-0.39, 0.29) is 106 Å². The SMILES string of the molecule is CCCOc1ccc2c(c1)OC(=O)C[C@@H]2c1ccc(O)cc1.CCCOc1ccc2c(c1)OC(=O)C[C@H]2c1ccc(O)cc1.COc1cc(O)c2c(c1)OC(=O)C[C@@H]2c1ccc(O)c(OC)c1.COc1cc(O)c2c(c1)OC(=O)C[C@H]2c1ccc(O)c(OC)c1.COc1ccc([C@@H]2CC(=O)Oc3cc(OC)ccc32)cc1.COc1ccc([C@H]2CC(=O)Oc3cc(OC)ccc32)cc1. The summed E-state index contributed by atoms with van der Waals surface area (Å²) >= 11 is 0. The molecule has 0 spiro atoms. The van der Waals surface area contributed by atoms with Gasteiger partial charge in [0, 0.05) is 117 Å². The van der Waals surface area contributed by atoms with E-state index < -0.39 is 23.8 Å².